The molecule has 4 rings (SSSR count). The molecule has 1 amide bonds. The molecule has 1 aliphatic rings. The predicted molar refractivity (Wildman–Crippen MR) is 180 cm³/mol. The van der Waals surface area contributed by atoms with E-state index < -0.39 is 47.4 Å². The summed E-state index contributed by atoms with van der Waals surface area (Å²) in [6.07, 6.45) is -4.10. The van der Waals surface area contributed by atoms with Crippen LogP contribution in [-0.4, -0.2) is 59.0 Å². The van der Waals surface area contributed by atoms with Crippen molar-refractivity contribution in [3.63, 3.8) is 0 Å². The topological polar surface area (TPSA) is 93.5 Å². The standard InChI is InChI=1S/C37H46F4N4O4/c1-8-49-32(46)18-30(29-17-26(15-24(6)34(29)38)33-22(4)10-9-11-23(33)5)42-35(47)31(14-21(2)3)45-36(48)25(7)16-28(43-45)12-13-44-19-27(20-44)37(39,40)41/h9-11,15-17,21,27,30-31H,8,12-14,18-20H2,1-7H3,(H,42,47). The van der Waals surface area contributed by atoms with Gasteiger partial charge in [0.1, 0.15) is 11.9 Å². The molecule has 49 heavy (non-hydrogen) atoms. The molecule has 0 spiro atoms. The van der Waals surface area contributed by atoms with Gasteiger partial charge < -0.3 is 15.0 Å². The summed E-state index contributed by atoms with van der Waals surface area (Å²) in [6.45, 7) is 12.8. The summed E-state index contributed by atoms with van der Waals surface area (Å²) in [5, 5.41) is 7.37. The average Bonchev–Trinajstić information content (AvgIpc) is 2.97. The highest BCUT2D eigenvalue weighted by Crippen LogP contribution is 2.35. The highest BCUT2D eigenvalue weighted by molar-refractivity contribution is 5.82. The van der Waals surface area contributed by atoms with Gasteiger partial charge in [-0.2, -0.15) is 18.3 Å². The maximum Gasteiger partial charge on any atom is 0.394 e. The third kappa shape index (κ3) is 9.14. The smallest absolute Gasteiger partial charge is 0.394 e. The summed E-state index contributed by atoms with van der Waals surface area (Å²) in [5.74, 6) is -3.25. The SMILES string of the molecule is CCOC(=O)CC(NC(=O)C(CC(C)C)n1nc(CCN2CC(C(F)(F)F)C2)cc(C)c1=O)c1cc(-c2c(C)cccc2C)cc(C)c1F. The van der Waals surface area contributed by atoms with Crippen molar-refractivity contribution < 1.29 is 31.9 Å². The van der Waals surface area contributed by atoms with Crippen LogP contribution in [0.2, 0.25) is 0 Å². The van der Waals surface area contributed by atoms with E-state index in [4.69, 9.17) is 4.74 Å². The van der Waals surface area contributed by atoms with E-state index in [1.54, 1.807) is 43.9 Å². The highest BCUT2D eigenvalue weighted by atomic mass is 19.4. The second-order valence-corrected chi connectivity index (χ2v) is 13.5. The minimum Gasteiger partial charge on any atom is -0.466 e. The zero-order valence-corrected chi connectivity index (χ0v) is 29.2. The van der Waals surface area contributed by atoms with Crippen LogP contribution in [0.15, 0.2) is 41.2 Å². The summed E-state index contributed by atoms with van der Waals surface area (Å²) in [4.78, 5) is 42.1. The van der Waals surface area contributed by atoms with Crippen molar-refractivity contribution in [3.8, 4) is 11.1 Å². The lowest BCUT2D eigenvalue weighted by molar-refractivity contribution is -0.208. The zero-order valence-electron chi connectivity index (χ0n) is 29.2. The monoisotopic (exact) mass is 686 g/mol. The second kappa shape index (κ2) is 15.7. The van der Waals surface area contributed by atoms with Crippen molar-refractivity contribution in [1.29, 1.82) is 0 Å². The summed E-state index contributed by atoms with van der Waals surface area (Å²) in [7, 11) is 0. The first-order valence-corrected chi connectivity index (χ1v) is 16.7. The van der Waals surface area contributed by atoms with Crippen molar-refractivity contribution in [2.24, 2.45) is 11.8 Å². The van der Waals surface area contributed by atoms with Gasteiger partial charge in [-0.05, 0) is 93.0 Å². The van der Waals surface area contributed by atoms with Crippen molar-refractivity contribution >= 4 is 11.9 Å². The molecule has 1 aliphatic heterocycles. The van der Waals surface area contributed by atoms with E-state index in [1.807, 2.05) is 45.9 Å². The fourth-order valence-electron chi connectivity index (χ4n) is 6.39. The Morgan fingerprint density at radius 2 is 1.67 bits per heavy atom. The van der Waals surface area contributed by atoms with Crippen LogP contribution in [-0.2, 0) is 20.7 Å². The van der Waals surface area contributed by atoms with Crippen molar-refractivity contribution in [2.45, 2.75) is 86.0 Å². The number of rotatable bonds is 13. The summed E-state index contributed by atoms with van der Waals surface area (Å²) < 4.78 is 61.2. The second-order valence-electron chi connectivity index (χ2n) is 13.5. The van der Waals surface area contributed by atoms with Gasteiger partial charge in [0.05, 0.1) is 30.7 Å². The van der Waals surface area contributed by atoms with Gasteiger partial charge in [-0.3, -0.25) is 14.4 Å². The first-order valence-electron chi connectivity index (χ1n) is 16.7. The van der Waals surface area contributed by atoms with Crippen LogP contribution < -0.4 is 10.9 Å². The predicted octanol–water partition coefficient (Wildman–Crippen LogP) is 6.72. The maximum atomic E-state index is 16.0. The molecule has 1 fully saturated rings. The number of aryl methyl sites for hydroxylation is 4. The van der Waals surface area contributed by atoms with Crippen molar-refractivity contribution in [1.82, 2.24) is 20.0 Å². The Balaban J connectivity index is 1.69. The van der Waals surface area contributed by atoms with E-state index >= 15 is 4.39 Å². The molecular formula is C37H46F4N4O4. The minimum atomic E-state index is -4.23. The van der Waals surface area contributed by atoms with E-state index in [1.165, 1.54) is 0 Å². The number of amides is 1. The largest absolute Gasteiger partial charge is 0.466 e. The van der Waals surface area contributed by atoms with E-state index in [-0.39, 0.29) is 50.4 Å². The minimum absolute atomic E-state index is 0.0661. The van der Waals surface area contributed by atoms with Crippen LogP contribution in [0.1, 0.15) is 79.2 Å². The number of hydrogen-bond acceptors (Lipinski definition) is 6. The van der Waals surface area contributed by atoms with Gasteiger partial charge >= 0.3 is 12.1 Å². The number of likely N-dealkylation sites (tertiary alicyclic amines) is 1. The van der Waals surface area contributed by atoms with Crippen LogP contribution in [0, 0.1) is 45.3 Å². The number of carbonyl (C=O) groups excluding carboxylic acids is 2. The Morgan fingerprint density at radius 1 is 1.02 bits per heavy atom. The molecule has 0 saturated carbocycles. The van der Waals surface area contributed by atoms with Crippen LogP contribution in [0.4, 0.5) is 17.6 Å². The lowest BCUT2D eigenvalue weighted by Crippen LogP contribution is -2.53. The van der Waals surface area contributed by atoms with Gasteiger partial charge in [-0.15, -0.1) is 0 Å². The molecule has 0 bridgehead atoms. The molecule has 1 saturated heterocycles. The third-order valence-corrected chi connectivity index (χ3v) is 8.98. The van der Waals surface area contributed by atoms with Crippen LogP contribution in [0.25, 0.3) is 11.1 Å². The lowest BCUT2D eigenvalue weighted by Gasteiger charge is -2.40. The molecule has 1 N–H and O–H groups in total. The van der Waals surface area contributed by atoms with Crippen LogP contribution in [0.5, 0.6) is 0 Å². The van der Waals surface area contributed by atoms with E-state index in [2.05, 4.69) is 10.4 Å². The van der Waals surface area contributed by atoms with E-state index in [9.17, 15) is 27.6 Å². The van der Waals surface area contributed by atoms with E-state index in [0.717, 1.165) is 26.9 Å². The molecule has 8 nitrogen and oxygen atoms in total. The number of halogens is 4. The molecule has 3 aromatic rings. The summed E-state index contributed by atoms with van der Waals surface area (Å²) >= 11 is 0. The van der Waals surface area contributed by atoms with Crippen molar-refractivity contribution in [2.75, 3.05) is 26.2 Å². The molecule has 266 valence electrons. The van der Waals surface area contributed by atoms with Crippen LogP contribution >= 0.6 is 0 Å². The highest BCUT2D eigenvalue weighted by Gasteiger charge is 2.46. The lowest BCUT2D eigenvalue weighted by atomic mass is 9.90. The fraction of sp³-hybridized carbons (Fsp3) is 0.514. The normalized spacial score (nSPS) is 15.2. The molecule has 2 heterocycles. The molecule has 2 unspecified atom stereocenters. The average molecular weight is 687 g/mol. The van der Waals surface area contributed by atoms with Gasteiger partial charge in [-0.1, -0.05) is 32.0 Å². The number of benzene rings is 2. The molecule has 1 aromatic heterocycles. The number of alkyl halides is 3. The number of nitrogens with zero attached hydrogens (tertiary/aromatic N) is 3. The van der Waals surface area contributed by atoms with Gasteiger partial charge in [0.15, 0.2) is 0 Å². The third-order valence-electron chi connectivity index (χ3n) is 8.98. The quantitative estimate of drug-likeness (QED) is 0.159. The molecule has 0 aliphatic carbocycles. The van der Waals surface area contributed by atoms with Gasteiger partial charge in [0.25, 0.3) is 5.56 Å². The fourth-order valence-corrected chi connectivity index (χ4v) is 6.39. The zero-order chi connectivity index (χ0) is 36.2. The van der Waals surface area contributed by atoms with Crippen molar-refractivity contribution in [3.05, 3.63) is 86.1 Å². The first kappa shape index (κ1) is 37.8. The Bertz CT molecular complexity index is 1710. The summed E-state index contributed by atoms with van der Waals surface area (Å²) in [5.41, 5.74) is 4.35. The number of nitrogens with one attached hydrogen (secondary N) is 1. The molecule has 2 aromatic carbocycles. The number of carbonyl (C=O) groups is 2. The maximum absolute atomic E-state index is 16.0. The summed E-state index contributed by atoms with van der Waals surface area (Å²) in [6, 6.07) is 8.58. The number of esters is 1. The Hall–Kier alpha value is -4.06. The number of ether oxygens (including phenoxy) is 1. The molecule has 2 atom stereocenters. The Kier molecular flexibility index (Phi) is 12.1. The molecular weight excluding hydrogens is 640 g/mol. The Morgan fingerprint density at radius 3 is 2.27 bits per heavy atom. The van der Waals surface area contributed by atoms with Gasteiger partial charge in [0.2, 0.25) is 5.91 Å². The van der Waals surface area contributed by atoms with Gasteiger partial charge in [0, 0.05) is 37.2 Å². The number of hydrogen-bond donors (Lipinski definition) is 1. The van der Waals surface area contributed by atoms with Crippen LogP contribution in [0.3, 0.4) is 0 Å². The molecule has 0 radical (unpaired) electrons. The first-order chi connectivity index (χ1) is 23.0. The van der Waals surface area contributed by atoms with Gasteiger partial charge in [-0.25, -0.2) is 9.07 Å². The Labute approximate surface area is 284 Å². The van der Waals surface area contributed by atoms with E-state index in [0.29, 0.717) is 23.4 Å². The number of aromatic nitrogens is 2. The molecule has 12 heteroatoms.